The summed E-state index contributed by atoms with van der Waals surface area (Å²) in [5.41, 5.74) is 6.11. The number of nitrogens with two attached hydrogens (primary N) is 1. The van der Waals surface area contributed by atoms with Crippen molar-refractivity contribution in [2.75, 3.05) is 0 Å². The third-order valence-electron chi connectivity index (χ3n) is 1.59. The van der Waals surface area contributed by atoms with E-state index in [0.29, 0.717) is 15.9 Å². The molecular formula is C8H7BrN2O2S. The van der Waals surface area contributed by atoms with E-state index < -0.39 is 4.92 Å². The zero-order valence-electron chi connectivity index (χ0n) is 7.07. The third-order valence-corrected chi connectivity index (χ3v) is 2.40. The normalized spacial score (nSPS) is 9.79. The number of nitrogens with zero attached hydrogens (tertiary/aromatic N) is 1. The average molecular weight is 275 g/mol. The second kappa shape index (κ2) is 4.47. The SMILES string of the molecule is NC(=S)Cc1ccc(Br)c([N+](=O)[O-])c1. The van der Waals surface area contributed by atoms with Gasteiger partial charge < -0.3 is 5.73 Å². The molecule has 1 rings (SSSR count). The molecule has 0 radical (unpaired) electrons. The first-order valence-electron chi connectivity index (χ1n) is 3.72. The Morgan fingerprint density at radius 2 is 2.29 bits per heavy atom. The lowest BCUT2D eigenvalue weighted by Crippen LogP contribution is -2.11. The molecule has 0 unspecified atom stereocenters. The second-order valence-corrected chi connectivity index (χ2v) is 4.06. The Morgan fingerprint density at radius 1 is 1.64 bits per heavy atom. The summed E-state index contributed by atoms with van der Waals surface area (Å²) < 4.78 is 0.453. The second-order valence-electron chi connectivity index (χ2n) is 2.69. The molecule has 0 bridgehead atoms. The summed E-state index contributed by atoms with van der Waals surface area (Å²) >= 11 is 7.81. The van der Waals surface area contributed by atoms with Gasteiger partial charge >= 0.3 is 0 Å². The Balaban J connectivity index is 3.06. The number of benzene rings is 1. The van der Waals surface area contributed by atoms with Crippen molar-refractivity contribution in [1.82, 2.24) is 0 Å². The molecule has 0 saturated heterocycles. The van der Waals surface area contributed by atoms with E-state index in [9.17, 15) is 10.1 Å². The monoisotopic (exact) mass is 274 g/mol. The van der Waals surface area contributed by atoms with E-state index in [0.717, 1.165) is 5.56 Å². The summed E-state index contributed by atoms with van der Waals surface area (Å²) in [7, 11) is 0. The molecule has 0 saturated carbocycles. The zero-order valence-corrected chi connectivity index (χ0v) is 9.47. The van der Waals surface area contributed by atoms with Crippen molar-refractivity contribution in [3.8, 4) is 0 Å². The van der Waals surface area contributed by atoms with Crippen molar-refractivity contribution in [3.05, 3.63) is 38.3 Å². The minimum absolute atomic E-state index is 0.0266. The van der Waals surface area contributed by atoms with Crippen LogP contribution < -0.4 is 5.73 Å². The van der Waals surface area contributed by atoms with Crippen molar-refractivity contribution in [2.45, 2.75) is 6.42 Å². The summed E-state index contributed by atoms with van der Waals surface area (Å²) in [5, 5.41) is 10.6. The molecule has 0 aliphatic heterocycles. The highest BCUT2D eigenvalue weighted by atomic mass is 79.9. The first-order chi connectivity index (χ1) is 6.50. The van der Waals surface area contributed by atoms with E-state index in [1.165, 1.54) is 6.07 Å². The fraction of sp³-hybridized carbons (Fsp3) is 0.125. The van der Waals surface area contributed by atoms with Crippen LogP contribution in [0.3, 0.4) is 0 Å². The molecule has 1 aromatic carbocycles. The number of hydrogen-bond acceptors (Lipinski definition) is 3. The van der Waals surface area contributed by atoms with Gasteiger partial charge in [0.2, 0.25) is 0 Å². The Morgan fingerprint density at radius 3 is 2.79 bits per heavy atom. The van der Waals surface area contributed by atoms with Crippen LogP contribution in [-0.4, -0.2) is 9.91 Å². The molecule has 4 nitrogen and oxygen atoms in total. The lowest BCUT2D eigenvalue weighted by molar-refractivity contribution is -0.385. The standard InChI is InChI=1S/C8H7BrN2O2S/c9-6-2-1-5(4-8(10)14)3-7(6)11(12)13/h1-3H,4H2,(H2,10,14). The van der Waals surface area contributed by atoms with Crippen LogP contribution in [0.1, 0.15) is 5.56 Å². The minimum atomic E-state index is -0.451. The predicted molar refractivity (Wildman–Crippen MR) is 61.3 cm³/mol. The number of hydrogen-bond donors (Lipinski definition) is 1. The van der Waals surface area contributed by atoms with Gasteiger partial charge in [-0.25, -0.2) is 0 Å². The Labute approximate surface area is 94.4 Å². The molecule has 0 aliphatic carbocycles. The van der Waals surface area contributed by atoms with Crippen LogP contribution in [0.2, 0.25) is 0 Å². The highest BCUT2D eigenvalue weighted by Crippen LogP contribution is 2.25. The van der Waals surface area contributed by atoms with Crippen LogP contribution in [0.25, 0.3) is 0 Å². The van der Waals surface area contributed by atoms with Gasteiger partial charge in [0, 0.05) is 12.5 Å². The maximum Gasteiger partial charge on any atom is 0.283 e. The third kappa shape index (κ3) is 2.74. The van der Waals surface area contributed by atoms with E-state index in [1.54, 1.807) is 12.1 Å². The summed E-state index contributed by atoms with van der Waals surface area (Å²) in [6, 6.07) is 4.82. The van der Waals surface area contributed by atoms with Crippen molar-refractivity contribution < 1.29 is 4.92 Å². The largest absolute Gasteiger partial charge is 0.393 e. The molecule has 2 N–H and O–H groups in total. The van der Waals surface area contributed by atoms with Crippen LogP contribution in [0.5, 0.6) is 0 Å². The molecule has 0 atom stereocenters. The fourth-order valence-corrected chi connectivity index (χ4v) is 1.57. The van der Waals surface area contributed by atoms with Gasteiger partial charge in [-0.15, -0.1) is 0 Å². The van der Waals surface area contributed by atoms with Crippen LogP contribution in [-0.2, 0) is 6.42 Å². The van der Waals surface area contributed by atoms with Gasteiger partial charge in [0.15, 0.2) is 0 Å². The van der Waals surface area contributed by atoms with Gasteiger partial charge in [-0.05, 0) is 27.6 Å². The average Bonchev–Trinajstić information content (AvgIpc) is 2.07. The number of rotatable bonds is 3. The molecule has 0 fully saturated rings. The van der Waals surface area contributed by atoms with Gasteiger partial charge in [0.1, 0.15) is 0 Å². The minimum Gasteiger partial charge on any atom is -0.393 e. The molecule has 0 amide bonds. The van der Waals surface area contributed by atoms with Crippen molar-refractivity contribution in [1.29, 1.82) is 0 Å². The van der Waals surface area contributed by atoms with Crippen LogP contribution >= 0.6 is 28.1 Å². The fourth-order valence-electron chi connectivity index (χ4n) is 1.01. The number of nitro groups is 1. The molecule has 0 aliphatic rings. The van der Waals surface area contributed by atoms with E-state index in [-0.39, 0.29) is 5.69 Å². The van der Waals surface area contributed by atoms with E-state index in [1.807, 2.05) is 0 Å². The quantitative estimate of drug-likeness (QED) is 0.521. The molecule has 0 aromatic heterocycles. The van der Waals surface area contributed by atoms with E-state index in [2.05, 4.69) is 15.9 Å². The maximum atomic E-state index is 10.6. The summed E-state index contributed by atoms with van der Waals surface area (Å²) in [4.78, 5) is 10.4. The molecule has 74 valence electrons. The first kappa shape index (κ1) is 11.1. The molecular weight excluding hydrogens is 268 g/mol. The summed E-state index contributed by atoms with van der Waals surface area (Å²) in [5.74, 6) is 0. The Hall–Kier alpha value is -1.01. The highest BCUT2D eigenvalue weighted by Gasteiger charge is 2.12. The molecule has 6 heteroatoms. The number of thiocarbonyl (C=S) groups is 1. The van der Waals surface area contributed by atoms with Crippen molar-refractivity contribution in [2.24, 2.45) is 5.73 Å². The van der Waals surface area contributed by atoms with E-state index >= 15 is 0 Å². The lowest BCUT2D eigenvalue weighted by atomic mass is 10.1. The molecule has 0 spiro atoms. The van der Waals surface area contributed by atoms with Gasteiger partial charge in [0.25, 0.3) is 5.69 Å². The van der Waals surface area contributed by atoms with Crippen LogP contribution in [0.15, 0.2) is 22.7 Å². The van der Waals surface area contributed by atoms with Gasteiger partial charge in [-0.1, -0.05) is 18.3 Å². The Kier molecular flexibility index (Phi) is 3.54. The lowest BCUT2D eigenvalue weighted by Gasteiger charge is -2.00. The van der Waals surface area contributed by atoms with E-state index in [4.69, 9.17) is 18.0 Å². The highest BCUT2D eigenvalue weighted by molar-refractivity contribution is 9.10. The number of halogens is 1. The molecule has 14 heavy (non-hydrogen) atoms. The van der Waals surface area contributed by atoms with Crippen LogP contribution in [0.4, 0.5) is 5.69 Å². The van der Waals surface area contributed by atoms with Gasteiger partial charge in [0.05, 0.1) is 14.4 Å². The smallest absolute Gasteiger partial charge is 0.283 e. The zero-order chi connectivity index (χ0) is 10.7. The van der Waals surface area contributed by atoms with Gasteiger partial charge in [-0.3, -0.25) is 10.1 Å². The predicted octanol–water partition coefficient (Wildman–Crippen LogP) is 2.19. The van der Waals surface area contributed by atoms with Crippen molar-refractivity contribution in [3.63, 3.8) is 0 Å². The summed E-state index contributed by atoms with van der Waals surface area (Å²) in [6.45, 7) is 0. The topological polar surface area (TPSA) is 69.2 Å². The maximum absolute atomic E-state index is 10.6. The van der Waals surface area contributed by atoms with Gasteiger partial charge in [-0.2, -0.15) is 0 Å². The Bertz CT molecular complexity index is 395. The summed E-state index contributed by atoms with van der Waals surface area (Å²) in [6.07, 6.45) is 0.378. The first-order valence-corrected chi connectivity index (χ1v) is 4.92. The molecule has 1 aromatic rings. The molecule has 0 heterocycles. The van der Waals surface area contributed by atoms with Crippen LogP contribution in [0, 0.1) is 10.1 Å². The van der Waals surface area contributed by atoms with Crippen molar-refractivity contribution >= 4 is 38.8 Å². The number of nitro benzene ring substituents is 1.